The zero-order valence-corrected chi connectivity index (χ0v) is 19.0. The third-order valence-corrected chi connectivity index (χ3v) is 4.98. The van der Waals surface area contributed by atoms with Crippen molar-refractivity contribution in [1.82, 2.24) is 16.0 Å². The fraction of sp³-hybridized carbons (Fsp3) is 0.524. The highest BCUT2D eigenvalue weighted by Gasteiger charge is 2.30. The van der Waals surface area contributed by atoms with Gasteiger partial charge in [-0.2, -0.15) is 12.6 Å². The number of carboxylic acids is 1. The van der Waals surface area contributed by atoms with Gasteiger partial charge >= 0.3 is 5.97 Å². The molecule has 0 fully saturated rings. The third-order valence-electron chi connectivity index (χ3n) is 4.59. The molecule has 32 heavy (non-hydrogen) atoms. The summed E-state index contributed by atoms with van der Waals surface area (Å²) in [6.07, 6.45) is 0.290. The third kappa shape index (κ3) is 9.25. The van der Waals surface area contributed by atoms with Crippen molar-refractivity contribution in [3.8, 4) is 0 Å². The summed E-state index contributed by atoms with van der Waals surface area (Å²) >= 11 is 3.91. The molecule has 0 aliphatic rings. The monoisotopic (exact) mass is 468 g/mol. The Morgan fingerprint density at radius 1 is 0.938 bits per heavy atom. The van der Waals surface area contributed by atoms with Crippen LogP contribution in [0.1, 0.15) is 25.8 Å². The maximum Gasteiger partial charge on any atom is 0.326 e. The van der Waals surface area contributed by atoms with Crippen LogP contribution < -0.4 is 21.7 Å². The first kappa shape index (κ1) is 27.4. The van der Waals surface area contributed by atoms with Crippen LogP contribution in [-0.2, 0) is 25.6 Å². The number of aliphatic hydroxyl groups is 1. The van der Waals surface area contributed by atoms with Gasteiger partial charge in [-0.1, -0.05) is 44.2 Å². The molecule has 1 aromatic rings. The van der Waals surface area contributed by atoms with E-state index in [1.54, 1.807) is 30.3 Å². The van der Waals surface area contributed by atoms with E-state index in [4.69, 9.17) is 5.73 Å². The second kappa shape index (κ2) is 13.7. The number of rotatable bonds is 13. The average molecular weight is 469 g/mol. The highest BCUT2D eigenvalue weighted by Crippen LogP contribution is 2.08. The number of carbonyl (C=O) groups excluding carboxylic acids is 3. The minimum atomic E-state index is -1.32. The van der Waals surface area contributed by atoms with Crippen LogP contribution in [0.3, 0.4) is 0 Å². The van der Waals surface area contributed by atoms with Crippen molar-refractivity contribution in [2.45, 2.75) is 50.9 Å². The quantitative estimate of drug-likeness (QED) is 0.183. The van der Waals surface area contributed by atoms with Crippen molar-refractivity contribution < 1.29 is 29.4 Å². The number of nitrogens with two attached hydrogens (primary N) is 1. The molecule has 1 rings (SSSR count). The van der Waals surface area contributed by atoms with E-state index in [1.165, 1.54) is 0 Å². The van der Waals surface area contributed by atoms with Gasteiger partial charge in [0.2, 0.25) is 17.7 Å². The molecular formula is C21H32N4O6S. The molecule has 0 bridgehead atoms. The number of nitrogens with one attached hydrogen (secondary N) is 3. The van der Waals surface area contributed by atoms with Crippen LogP contribution in [0.5, 0.6) is 0 Å². The van der Waals surface area contributed by atoms with Crippen LogP contribution in [0.25, 0.3) is 0 Å². The zero-order chi connectivity index (χ0) is 24.3. The molecule has 0 saturated heterocycles. The van der Waals surface area contributed by atoms with Gasteiger partial charge in [-0.05, 0) is 17.9 Å². The lowest BCUT2D eigenvalue weighted by atomic mass is 10.0. The van der Waals surface area contributed by atoms with Gasteiger partial charge in [0.05, 0.1) is 12.6 Å². The Morgan fingerprint density at radius 2 is 1.47 bits per heavy atom. The average Bonchev–Trinajstić information content (AvgIpc) is 2.75. The summed E-state index contributed by atoms with van der Waals surface area (Å²) < 4.78 is 0. The standard InChI is InChI=1S/C21H32N4O6S/c1-12(2)8-15(23-20(29)17(10-26)25-18(27)14(22)11-32)19(28)24-16(21(30)31)9-13-6-4-3-5-7-13/h3-7,12,14-17,26,32H,8-11,22H2,1-2H3,(H,23,29)(H,24,28)(H,25,27)(H,30,31). The van der Waals surface area contributed by atoms with Crippen molar-refractivity contribution in [3.63, 3.8) is 0 Å². The lowest BCUT2D eigenvalue weighted by molar-refractivity contribution is -0.142. The molecular weight excluding hydrogens is 436 g/mol. The number of carbonyl (C=O) groups is 4. The van der Waals surface area contributed by atoms with Crippen LogP contribution in [-0.4, -0.2) is 70.4 Å². The predicted molar refractivity (Wildman–Crippen MR) is 122 cm³/mol. The van der Waals surface area contributed by atoms with Crippen LogP contribution in [0.2, 0.25) is 0 Å². The first-order chi connectivity index (χ1) is 15.1. The molecule has 4 unspecified atom stereocenters. The number of carboxylic acid groups (broad SMARTS) is 1. The van der Waals surface area contributed by atoms with Gasteiger partial charge in [0.25, 0.3) is 0 Å². The van der Waals surface area contributed by atoms with E-state index in [0.29, 0.717) is 0 Å². The SMILES string of the molecule is CC(C)CC(NC(=O)C(CO)NC(=O)C(N)CS)C(=O)NC(Cc1ccccc1)C(=O)O. The van der Waals surface area contributed by atoms with E-state index >= 15 is 0 Å². The van der Waals surface area contributed by atoms with E-state index < -0.39 is 54.5 Å². The number of hydrogen-bond acceptors (Lipinski definition) is 7. The van der Waals surface area contributed by atoms with Crippen LogP contribution in [0.15, 0.2) is 30.3 Å². The Balaban J connectivity index is 2.90. The van der Waals surface area contributed by atoms with Crippen LogP contribution in [0.4, 0.5) is 0 Å². The van der Waals surface area contributed by atoms with Gasteiger partial charge in [0, 0.05) is 12.2 Å². The minimum Gasteiger partial charge on any atom is -0.480 e. The Morgan fingerprint density at radius 3 is 1.97 bits per heavy atom. The largest absolute Gasteiger partial charge is 0.480 e. The molecule has 7 N–H and O–H groups in total. The fourth-order valence-electron chi connectivity index (χ4n) is 2.85. The Bertz CT molecular complexity index is 777. The molecule has 0 heterocycles. The van der Waals surface area contributed by atoms with E-state index in [-0.39, 0.29) is 24.5 Å². The highest BCUT2D eigenvalue weighted by atomic mass is 32.1. The van der Waals surface area contributed by atoms with Crippen molar-refractivity contribution in [3.05, 3.63) is 35.9 Å². The van der Waals surface area contributed by atoms with Gasteiger partial charge in [0.15, 0.2) is 0 Å². The van der Waals surface area contributed by atoms with Gasteiger partial charge in [-0.15, -0.1) is 0 Å². The summed E-state index contributed by atoms with van der Waals surface area (Å²) in [7, 11) is 0. The topological polar surface area (TPSA) is 171 Å². The summed E-state index contributed by atoms with van der Waals surface area (Å²) in [6.45, 7) is 2.96. The second-order valence-electron chi connectivity index (χ2n) is 7.81. The van der Waals surface area contributed by atoms with E-state index in [1.807, 2.05) is 13.8 Å². The second-order valence-corrected chi connectivity index (χ2v) is 8.18. The molecule has 178 valence electrons. The van der Waals surface area contributed by atoms with E-state index in [2.05, 4.69) is 28.6 Å². The number of amides is 3. The van der Waals surface area contributed by atoms with Gasteiger partial charge in [0.1, 0.15) is 18.1 Å². The number of hydrogen-bond donors (Lipinski definition) is 7. The van der Waals surface area contributed by atoms with Crippen molar-refractivity contribution in [2.75, 3.05) is 12.4 Å². The smallest absolute Gasteiger partial charge is 0.326 e. The molecule has 0 spiro atoms. The maximum absolute atomic E-state index is 12.8. The van der Waals surface area contributed by atoms with Gasteiger partial charge in [-0.3, -0.25) is 14.4 Å². The minimum absolute atomic E-state index is 0.0109. The molecule has 1 aromatic carbocycles. The molecule has 11 heteroatoms. The number of aliphatic hydroxyl groups excluding tert-OH is 1. The Labute approximate surface area is 192 Å². The van der Waals surface area contributed by atoms with E-state index in [0.717, 1.165) is 5.56 Å². The predicted octanol–water partition coefficient (Wildman–Crippen LogP) is -0.936. The van der Waals surface area contributed by atoms with Gasteiger partial charge < -0.3 is 31.9 Å². The highest BCUT2D eigenvalue weighted by molar-refractivity contribution is 7.80. The number of aliphatic carboxylic acids is 1. The first-order valence-electron chi connectivity index (χ1n) is 10.2. The Kier molecular flexibility index (Phi) is 11.7. The van der Waals surface area contributed by atoms with Crippen molar-refractivity contribution >= 4 is 36.3 Å². The Hall–Kier alpha value is -2.63. The fourth-order valence-corrected chi connectivity index (χ4v) is 3.02. The summed E-state index contributed by atoms with van der Waals surface area (Å²) in [6, 6.07) is 4.27. The van der Waals surface area contributed by atoms with Crippen molar-refractivity contribution in [2.24, 2.45) is 11.7 Å². The number of benzene rings is 1. The van der Waals surface area contributed by atoms with Crippen LogP contribution in [0, 0.1) is 5.92 Å². The van der Waals surface area contributed by atoms with Gasteiger partial charge in [-0.25, -0.2) is 4.79 Å². The molecule has 0 aliphatic carbocycles. The van der Waals surface area contributed by atoms with Crippen molar-refractivity contribution in [1.29, 1.82) is 0 Å². The lowest BCUT2D eigenvalue weighted by Gasteiger charge is -2.25. The number of thiol groups is 1. The molecule has 0 radical (unpaired) electrons. The summed E-state index contributed by atoms with van der Waals surface area (Å²) in [5.41, 5.74) is 6.29. The molecule has 0 saturated carbocycles. The molecule has 3 amide bonds. The lowest BCUT2D eigenvalue weighted by Crippen LogP contribution is -2.58. The molecule has 4 atom stereocenters. The maximum atomic E-state index is 12.8. The first-order valence-corrected chi connectivity index (χ1v) is 10.9. The van der Waals surface area contributed by atoms with Crippen LogP contribution >= 0.6 is 12.6 Å². The molecule has 0 aliphatic heterocycles. The molecule has 10 nitrogen and oxygen atoms in total. The summed E-state index contributed by atoms with van der Waals surface area (Å²) in [4.78, 5) is 49.0. The summed E-state index contributed by atoms with van der Waals surface area (Å²) in [5, 5.41) is 26.3. The molecule has 0 aromatic heterocycles. The normalized spacial score (nSPS) is 14.7. The summed E-state index contributed by atoms with van der Waals surface area (Å²) in [5.74, 6) is -3.32. The zero-order valence-electron chi connectivity index (χ0n) is 18.2. The van der Waals surface area contributed by atoms with E-state index in [9.17, 15) is 29.4 Å².